The van der Waals surface area contributed by atoms with E-state index < -0.39 is 0 Å². The average Bonchev–Trinajstić information content (AvgIpc) is 2.81. The fourth-order valence-corrected chi connectivity index (χ4v) is 3.50. The van der Waals surface area contributed by atoms with Gasteiger partial charge in [-0.2, -0.15) is 15.0 Å². The van der Waals surface area contributed by atoms with Crippen molar-refractivity contribution in [3.63, 3.8) is 0 Å². The van der Waals surface area contributed by atoms with Gasteiger partial charge < -0.3 is 20.3 Å². The van der Waals surface area contributed by atoms with Crippen LogP contribution in [0, 0.1) is 6.92 Å². The maximum absolute atomic E-state index is 5.48. The third-order valence-electron chi connectivity index (χ3n) is 5.15. The number of aryl methyl sites for hydroxylation is 1. The summed E-state index contributed by atoms with van der Waals surface area (Å²) in [5.41, 5.74) is 3.04. The normalized spacial score (nSPS) is 13.9. The predicted molar refractivity (Wildman–Crippen MR) is 122 cm³/mol. The molecule has 31 heavy (non-hydrogen) atoms. The lowest BCUT2D eigenvalue weighted by molar-refractivity contribution is 0.122. The number of nitrogens with one attached hydrogen (secondary N) is 2. The molecule has 2 N–H and O–H groups in total. The highest BCUT2D eigenvalue weighted by Gasteiger charge is 2.17. The molecule has 1 fully saturated rings. The van der Waals surface area contributed by atoms with E-state index in [-0.39, 0.29) is 0 Å². The number of nitrogens with zero attached hydrogens (tertiary/aromatic N) is 5. The summed E-state index contributed by atoms with van der Waals surface area (Å²) in [5.74, 6) is 1.59. The van der Waals surface area contributed by atoms with Crippen LogP contribution in [0.15, 0.2) is 60.9 Å². The van der Waals surface area contributed by atoms with E-state index in [1.165, 1.54) is 5.56 Å². The van der Waals surface area contributed by atoms with E-state index in [1.54, 1.807) is 6.20 Å². The zero-order valence-electron chi connectivity index (χ0n) is 17.2. The zero-order chi connectivity index (χ0) is 21.0. The number of ether oxygens (including phenoxy) is 1. The number of pyridine rings is 1. The van der Waals surface area contributed by atoms with Crippen molar-refractivity contribution in [3.05, 3.63) is 66.5 Å². The van der Waals surface area contributed by atoms with Crippen LogP contribution in [0.25, 0.3) is 10.8 Å². The molecule has 2 aromatic heterocycles. The molecule has 0 atom stereocenters. The highest BCUT2D eigenvalue weighted by molar-refractivity contribution is 5.94. The summed E-state index contributed by atoms with van der Waals surface area (Å²) in [5, 5.41) is 8.78. The van der Waals surface area contributed by atoms with Crippen LogP contribution in [0.4, 0.5) is 29.2 Å². The van der Waals surface area contributed by atoms with Crippen LogP contribution >= 0.6 is 0 Å². The Hall–Kier alpha value is -3.78. The van der Waals surface area contributed by atoms with Crippen molar-refractivity contribution in [3.8, 4) is 0 Å². The standard InChI is InChI=1S/C23H23N7O/c1-16-5-7-18(8-6-16)25-21-27-22(29-23(28-21)30-11-13-31-14-12-30)26-20-4-2-3-17-15-24-10-9-19(17)20/h2-10,15H,11-14H2,1H3,(H2,25,26,27,28,29). The fourth-order valence-electron chi connectivity index (χ4n) is 3.50. The molecule has 156 valence electrons. The molecule has 0 bridgehead atoms. The first-order valence-corrected chi connectivity index (χ1v) is 10.3. The monoisotopic (exact) mass is 413 g/mol. The number of anilines is 5. The maximum atomic E-state index is 5.48. The van der Waals surface area contributed by atoms with Gasteiger partial charge in [0, 0.05) is 47.6 Å². The largest absolute Gasteiger partial charge is 0.378 e. The van der Waals surface area contributed by atoms with Crippen LogP contribution in [-0.4, -0.2) is 46.2 Å². The maximum Gasteiger partial charge on any atom is 0.233 e. The molecule has 4 aromatic rings. The van der Waals surface area contributed by atoms with Gasteiger partial charge in [-0.1, -0.05) is 29.8 Å². The van der Waals surface area contributed by atoms with Crippen LogP contribution in [0.5, 0.6) is 0 Å². The smallest absolute Gasteiger partial charge is 0.233 e. The Morgan fingerprint density at radius 2 is 1.65 bits per heavy atom. The number of hydrogen-bond donors (Lipinski definition) is 2. The van der Waals surface area contributed by atoms with Crippen LogP contribution in [-0.2, 0) is 4.74 Å². The minimum Gasteiger partial charge on any atom is -0.378 e. The minimum absolute atomic E-state index is 0.482. The third-order valence-corrected chi connectivity index (χ3v) is 5.15. The van der Waals surface area contributed by atoms with E-state index in [0.717, 1.165) is 35.2 Å². The summed E-state index contributed by atoms with van der Waals surface area (Å²) >= 11 is 0. The molecule has 0 aliphatic carbocycles. The molecule has 1 aliphatic rings. The molecule has 5 rings (SSSR count). The number of fused-ring (bicyclic) bond motifs is 1. The topological polar surface area (TPSA) is 88.1 Å². The van der Waals surface area contributed by atoms with Gasteiger partial charge >= 0.3 is 0 Å². The van der Waals surface area contributed by atoms with E-state index >= 15 is 0 Å². The van der Waals surface area contributed by atoms with Crippen LogP contribution < -0.4 is 15.5 Å². The third kappa shape index (κ3) is 4.39. The van der Waals surface area contributed by atoms with E-state index in [9.17, 15) is 0 Å². The SMILES string of the molecule is Cc1ccc(Nc2nc(Nc3cccc4cnccc34)nc(N3CCOCC3)n2)cc1. The lowest BCUT2D eigenvalue weighted by Gasteiger charge is -2.27. The Bertz CT molecular complexity index is 1180. The zero-order valence-corrected chi connectivity index (χ0v) is 17.2. The molecular weight excluding hydrogens is 390 g/mol. The van der Waals surface area contributed by atoms with E-state index in [1.807, 2.05) is 42.6 Å². The molecule has 8 nitrogen and oxygen atoms in total. The summed E-state index contributed by atoms with van der Waals surface area (Å²) in [6.45, 7) is 4.86. The van der Waals surface area contributed by atoms with Gasteiger partial charge in [-0.3, -0.25) is 4.98 Å². The van der Waals surface area contributed by atoms with Crippen LogP contribution in [0.2, 0.25) is 0 Å². The van der Waals surface area contributed by atoms with Crippen molar-refractivity contribution in [2.45, 2.75) is 6.92 Å². The second kappa shape index (κ2) is 8.53. The van der Waals surface area contributed by atoms with E-state index in [4.69, 9.17) is 9.72 Å². The van der Waals surface area contributed by atoms with Crippen molar-refractivity contribution in [2.75, 3.05) is 41.8 Å². The summed E-state index contributed by atoms with van der Waals surface area (Å²) in [7, 11) is 0. The summed E-state index contributed by atoms with van der Waals surface area (Å²) in [6, 6.07) is 16.1. The van der Waals surface area contributed by atoms with Gasteiger partial charge in [0.25, 0.3) is 0 Å². The molecule has 1 aliphatic heterocycles. The molecule has 2 aromatic carbocycles. The molecule has 8 heteroatoms. The predicted octanol–water partition coefficient (Wildman–Crippen LogP) is 4.05. The molecule has 3 heterocycles. The second-order valence-corrected chi connectivity index (χ2v) is 7.40. The van der Waals surface area contributed by atoms with Crippen molar-refractivity contribution in [2.24, 2.45) is 0 Å². The molecular formula is C23H23N7O. The highest BCUT2D eigenvalue weighted by atomic mass is 16.5. The van der Waals surface area contributed by atoms with Gasteiger partial charge in [-0.25, -0.2) is 0 Å². The van der Waals surface area contributed by atoms with Gasteiger partial charge in [0.2, 0.25) is 17.8 Å². The first-order valence-electron chi connectivity index (χ1n) is 10.3. The molecule has 0 saturated carbocycles. The first-order chi connectivity index (χ1) is 15.2. The van der Waals surface area contributed by atoms with Gasteiger partial charge in [-0.15, -0.1) is 0 Å². The number of rotatable bonds is 5. The van der Waals surface area contributed by atoms with Gasteiger partial charge in [-0.05, 0) is 31.2 Å². The highest BCUT2D eigenvalue weighted by Crippen LogP contribution is 2.26. The van der Waals surface area contributed by atoms with Crippen molar-refractivity contribution in [1.29, 1.82) is 0 Å². The van der Waals surface area contributed by atoms with Gasteiger partial charge in [0.1, 0.15) is 0 Å². The number of benzene rings is 2. The second-order valence-electron chi connectivity index (χ2n) is 7.40. The lowest BCUT2D eigenvalue weighted by atomic mass is 10.1. The van der Waals surface area contributed by atoms with Crippen LogP contribution in [0.3, 0.4) is 0 Å². The molecule has 0 radical (unpaired) electrons. The minimum atomic E-state index is 0.482. The first kappa shape index (κ1) is 19.2. The Balaban J connectivity index is 1.51. The number of hydrogen-bond acceptors (Lipinski definition) is 8. The number of morpholine rings is 1. The van der Waals surface area contributed by atoms with Crippen LogP contribution in [0.1, 0.15) is 5.56 Å². The van der Waals surface area contributed by atoms with Gasteiger partial charge in [0.15, 0.2) is 0 Å². The summed E-state index contributed by atoms with van der Waals surface area (Å²) < 4.78 is 5.48. The molecule has 0 unspecified atom stereocenters. The summed E-state index contributed by atoms with van der Waals surface area (Å²) in [4.78, 5) is 20.3. The van der Waals surface area contributed by atoms with Gasteiger partial charge in [0.05, 0.1) is 13.2 Å². The Morgan fingerprint density at radius 1 is 0.871 bits per heavy atom. The Labute approximate surface area is 180 Å². The van der Waals surface area contributed by atoms with Crippen molar-refractivity contribution >= 4 is 40.0 Å². The van der Waals surface area contributed by atoms with E-state index in [0.29, 0.717) is 31.1 Å². The Morgan fingerprint density at radius 3 is 2.45 bits per heavy atom. The van der Waals surface area contributed by atoms with E-state index in [2.05, 4.69) is 49.5 Å². The molecule has 0 spiro atoms. The van der Waals surface area contributed by atoms with Crippen molar-refractivity contribution in [1.82, 2.24) is 19.9 Å². The number of aromatic nitrogens is 4. The summed E-state index contributed by atoms with van der Waals surface area (Å²) in [6.07, 6.45) is 3.63. The average molecular weight is 413 g/mol. The quantitative estimate of drug-likeness (QED) is 0.507. The lowest BCUT2D eigenvalue weighted by Crippen LogP contribution is -2.37. The Kier molecular flexibility index (Phi) is 5.28. The fraction of sp³-hybridized carbons (Fsp3) is 0.217. The molecule has 1 saturated heterocycles. The van der Waals surface area contributed by atoms with Crippen molar-refractivity contribution < 1.29 is 4.74 Å². The molecule has 0 amide bonds.